The molecule has 1 aliphatic rings. The van der Waals surface area contributed by atoms with Gasteiger partial charge in [-0.2, -0.15) is 0 Å². The summed E-state index contributed by atoms with van der Waals surface area (Å²) in [6, 6.07) is 3.83. The highest BCUT2D eigenvalue weighted by Gasteiger charge is 2.22. The lowest BCUT2D eigenvalue weighted by Gasteiger charge is -2.19. The van der Waals surface area contributed by atoms with Crippen molar-refractivity contribution in [2.24, 2.45) is 0 Å². The molecule has 2 rings (SSSR count). The molecule has 0 N–H and O–H groups in total. The van der Waals surface area contributed by atoms with Crippen LogP contribution in [-0.2, 0) is 6.42 Å². The van der Waals surface area contributed by atoms with Gasteiger partial charge in [0.15, 0.2) is 5.78 Å². The minimum Gasteiger partial charge on any atom is -0.494 e. The maximum absolute atomic E-state index is 11.8. The number of carbonyl (C=O) groups excluding carboxylic acids is 1. The third-order valence-corrected chi connectivity index (χ3v) is 3.29. The first kappa shape index (κ1) is 10.7. The van der Waals surface area contributed by atoms with Crippen LogP contribution in [0.1, 0.15) is 35.7 Å². The number of ketones is 1. The summed E-state index contributed by atoms with van der Waals surface area (Å²) >= 11 is 3.43. The van der Waals surface area contributed by atoms with Crippen molar-refractivity contribution in [2.45, 2.75) is 26.2 Å². The Hall–Kier alpha value is -0.830. The molecule has 0 aromatic heterocycles. The van der Waals surface area contributed by atoms with Gasteiger partial charge in [0.2, 0.25) is 0 Å². The van der Waals surface area contributed by atoms with E-state index in [1.165, 1.54) is 0 Å². The molecule has 80 valence electrons. The number of carbonyl (C=O) groups is 1. The number of ether oxygens (including phenoxy) is 1. The van der Waals surface area contributed by atoms with Crippen LogP contribution in [0.2, 0.25) is 0 Å². The number of fused-ring (bicyclic) bond motifs is 1. The monoisotopic (exact) mass is 268 g/mol. The quantitative estimate of drug-likeness (QED) is 0.822. The molecule has 1 aromatic carbocycles. The van der Waals surface area contributed by atoms with E-state index in [2.05, 4.69) is 15.9 Å². The largest absolute Gasteiger partial charge is 0.494 e. The van der Waals surface area contributed by atoms with Crippen molar-refractivity contribution < 1.29 is 9.53 Å². The van der Waals surface area contributed by atoms with Crippen LogP contribution in [-0.4, -0.2) is 12.4 Å². The van der Waals surface area contributed by atoms with E-state index in [0.29, 0.717) is 13.0 Å². The summed E-state index contributed by atoms with van der Waals surface area (Å²) in [6.45, 7) is 2.60. The molecule has 0 atom stereocenters. The molecule has 2 nitrogen and oxygen atoms in total. The molecular weight excluding hydrogens is 256 g/mol. The van der Waals surface area contributed by atoms with E-state index in [-0.39, 0.29) is 5.78 Å². The number of Topliss-reactive ketones (excluding diaryl/α,β-unsaturated/α-hetero) is 1. The summed E-state index contributed by atoms with van der Waals surface area (Å²) in [4.78, 5) is 11.8. The van der Waals surface area contributed by atoms with Gasteiger partial charge in [0.25, 0.3) is 0 Å². The zero-order valence-corrected chi connectivity index (χ0v) is 10.3. The molecule has 0 saturated heterocycles. The maximum atomic E-state index is 11.8. The van der Waals surface area contributed by atoms with Gasteiger partial charge in [-0.15, -0.1) is 0 Å². The van der Waals surface area contributed by atoms with Gasteiger partial charge in [-0.25, -0.2) is 0 Å². The van der Waals surface area contributed by atoms with Gasteiger partial charge in [0, 0.05) is 22.0 Å². The van der Waals surface area contributed by atoms with E-state index in [4.69, 9.17) is 4.74 Å². The van der Waals surface area contributed by atoms with E-state index in [1.807, 2.05) is 19.1 Å². The molecular formula is C12H13BrO2. The first-order valence-electron chi connectivity index (χ1n) is 5.21. The average Bonchev–Trinajstić information content (AvgIpc) is 2.22. The smallest absolute Gasteiger partial charge is 0.164 e. The molecule has 1 aliphatic carbocycles. The Morgan fingerprint density at radius 3 is 2.93 bits per heavy atom. The fourth-order valence-electron chi connectivity index (χ4n) is 1.99. The fraction of sp³-hybridized carbons (Fsp3) is 0.417. The zero-order chi connectivity index (χ0) is 10.8. The summed E-state index contributed by atoms with van der Waals surface area (Å²) in [5.74, 6) is 1.09. The van der Waals surface area contributed by atoms with E-state index in [0.717, 1.165) is 34.2 Å². The first-order chi connectivity index (χ1) is 7.24. The Balaban J connectivity index is 2.53. The van der Waals surface area contributed by atoms with Gasteiger partial charge >= 0.3 is 0 Å². The fourth-order valence-corrected chi connectivity index (χ4v) is 2.58. The van der Waals surface area contributed by atoms with Crippen molar-refractivity contribution >= 4 is 21.7 Å². The lowest BCUT2D eigenvalue weighted by molar-refractivity contribution is 0.0970. The minimum absolute atomic E-state index is 0.227. The summed E-state index contributed by atoms with van der Waals surface area (Å²) in [6.07, 6.45) is 2.53. The van der Waals surface area contributed by atoms with Crippen molar-refractivity contribution in [3.63, 3.8) is 0 Å². The van der Waals surface area contributed by atoms with E-state index in [1.54, 1.807) is 0 Å². The van der Waals surface area contributed by atoms with Crippen LogP contribution in [0.4, 0.5) is 0 Å². The van der Waals surface area contributed by atoms with Gasteiger partial charge in [-0.05, 0) is 31.9 Å². The number of rotatable bonds is 2. The van der Waals surface area contributed by atoms with E-state index in [9.17, 15) is 4.79 Å². The van der Waals surface area contributed by atoms with E-state index >= 15 is 0 Å². The van der Waals surface area contributed by atoms with Crippen LogP contribution in [0.3, 0.4) is 0 Å². The standard InChI is InChI=1S/C12H13BrO2/c1-2-15-11-7-6-9(13)12-8(11)4-3-5-10(12)14/h6-7H,2-5H2,1H3. The zero-order valence-electron chi connectivity index (χ0n) is 8.68. The predicted molar refractivity (Wildman–Crippen MR) is 62.6 cm³/mol. The van der Waals surface area contributed by atoms with Crippen molar-refractivity contribution in [1.29, 1.82) is 0 Å². The predicted octanol–water partition coefficient (Wildman–Crippen LogP) is 3.37. The van der Waals surface area contributed by atoms with Crippen molar-refractivity contribution in [2.75, 3.05) is 6.61 Å². The molecule has 0 unspecified atom stereocenters. The highest BCUT2D eigenvalue weighted by molar-refractivity contribution is 9.10. The molecule has 15 heavy (non-hydrogen) atoms. The molecule has 0 fully saturated rings. The third kappa shape index (κ3) is 1.93. The minimum atomic E-state index is 0.227. The average molecular weight is 269 g/mol. The molecule has 0 radical (unpaired) electrons. The molecule has 0 amide bonds. The molecule has 0 bridgehead atoms. The second kappa shape index (κ2) is 4.35. The van der Waals surface area contributed by atoms with Crippen LogP contribution in [0.5, 0.6) is 5.75 Å². The van der Waals surface area contributed by atoms with Crippen molar-refractivity contribution in [3.8, 4) is 5.75 Å². The second-order valence-corrected chi connectivity index (χ2v) is 4.46. The van der Waals surface area contributed by atoms with Gasteiger partial charge in [-0.3, -0.25) is 4.79 Å². The van der Waals surface area contributed by atoms with Gasteiger partial charge in [0.05, 0.1) is 6.61 Å². The molecule has 0 spiro atoms. The Labute approximate surface area is 97.8 Å². The Morgan fingerprint density at radius 1 is 1.40 bits per heavy atom. The lowest BCUT2D eigenvalue weighted by atomic mass is 9.90. The summed E-state index contributed by atoms with van der Waals surface area (Å²) in [5.41, 5.74) is 1.90. The number of benzene rings is 1. The normalized spacial score (nSPS) is 14.9. The van der Waals surface area contributed by atoms with Gasteiger partial charge in [0.1, 0.15) is 5.75 Å². The summed E-state index contributed by atoms with van der Waals surface area (Å²) in [7, 11) is 0. The number of hydrogen-bond donors (Lipinski definition) is 0. The first-order valence-corrected chi connectivity index (χ1v) is 6.00. The highest BCUT2D eigenvalue weighted by atomic mass is 79.9. The maximum Gasteiger partial charge on any atom is 0.164 e. The van der Waals surface area contributed by atoms with E-state index < -0.39 is 0 Å². The van der Waals surface area contributed by atoms with Crippen molar-refractivity contribution in [3.05, 3.63) is 27.7 Å². The molecule has 3 heteroatoms. The summed E-state index contributed by atoms with van der Waals surface area (Å²) < 4.78 is 6.43. The van der Waals surface area contributed by atoms with Crippen molar-refractivity contribution in [1.82, 2.24) is 0 Å². The molecule has 0 heterocycles. The Bertz CT molecular complexity index is 399. The van der Waals surface area contributed by atoms with Gasteiger partial charge in [-0.1, -0.05) is 15.9 Å². The number of halogens is 1. The van der Waals surface area contributed by atoms with Crippen LogP contribution < -0.4 is 4.74 Å². The SMILES string of the molecule is CCOc1ccc(Br)c2c1CCCC2=O. The lowest BCUT2D eigenvalue weighted by Crippen LogP contribution is -2.13. The molecule has 1 aromatic rings. The summed E-state index contributed by atoms with van der Waals surface area (Å²) in [5, 5.41) is 0. The third-order valence-electron chi connectivity index (χ3n) is 2.63. The van der Waals surface area contributed by atoms with Gasteiger partial charge < -0.3 is 4.74 Å². The Morgan fingerprint density at radius 2 is 2.20 bits per heavy atom. The van der Waals surface area contributed by atoms with Crippen LogP contribution in [0.15, 0.2) is 16.6 Å². The molecule has 0 saturated carbocycles. The highest BCUT2D eigenvalue weighted by Crippen LogP contribution is 2.34. The Kier molecular flexibility index (Phi) is 3.10. The van der Waals surface area contributed by atoms with Crippen LogP contribution >= 0.6 is 15.9 Å². The second-order valence-electron chi connectivity index (χ2n) is 3.61. The topological polar surface area (TPSA) is 26.3 Å². The molecule has 0 aliphatic heterocycles. The number of hydrogen-bond acceptors (Lipinski definition) is 2. The van der Waals surface area contributed by atoms with Crippen LogP contribution in [0, 0.1) is 0 Å². The van der Waals surface area contributed by atoms with Crippen LogP contribution in [0.25, 0.3) is 0 Å².